The highest BCUT2D eigenvalue weighted by Gasteiger charge is 2.18. The first kappa shape index (κ1) is 16.7. The third kappa shape index (κ3) is 3.96. The average molecular weight is 338 g/mol. The second kappa shape index (κ2) is 7.07. The SMILES string of the molecule is COc1cc(S(C)(=O)=O)cc(OC)c1SCc1ccccc1. The minimum atomic E-state index is -3.32. The van der Waals surface area contributed by atoms with Crippen molar-refractivity contribution in [1.29, 1.82) is 0 Å². The van der Waals surface area contributed by atoms with E-state index in [2.05, 4.69) is 0 Å². The summed E-state index contributed by atoms with van der Waals surface area (Å²) in [4.78, 5) is 0.978. The molecule has 22 heavy (non-hydrogen) atoms. The molecule has 0 aliphatic carbocycles. The van der Waals surface area contributed by atoms with Crippen molar-refractivity contribution in [1.82, 2.24) is 0 Å². The molecule has 0 bridgehead atoms. The van der Waals surface area contributed by atoms with Gasteiger partial charge in [-0.25, -0.2) is 8.42 Å². The van der Waals surface area contributed by atoms with Crippen LogP contribution in [0.5, 0.6) is 11.5 Å². The molecule has 0 fully saturated rings. The maximum atomic E-state index is 11.7. The minimum Gasteiger partial charge on any atom is -0.495 e. The Kier molecular flexibility index (Phi) is 5.37. The zero-order valence-electron chi connectivity index (χ0n) is 12.7. The molecule has 0 N–H and O–H groups in total. The summed E-state index contributed by atoms with van der Waals surface area (Å²) in [5.74, 6) is 1.74. The largest absolute Gasteiger partial charge is 0.495 e. The van der Waals surface area contributed by atoms with Gasteiger partial charge in [-0.2, -0.15) is 0 Å². The summed E-state index contributed by atoms with van der Waals surface area (Å²) < 4.78 is 34.2. The lowest BCUT2D eigenvalue weighted by atomic mass is 10.2. The van der Waals surface area contributed by atoms with Gasteiger partial charge in [-0.15, -0.1) is 11.8 Å². The van der Waals surface area contributed by atoms with Gasteiger partial charge in [0.1, 0.15) is 11.5 Å². The van der Waals surface area contributed by atoms with Crippen LogP contribution in [0.25, 0.3) is 0 Å². The van der Waals surface area contributed by atoms with Crippen LogP contribution in [0.3, 0.4) is 0 Å². The van der Waals surface area contributed by atoms with E-state index in [-0.39, 0.29) is 4.90 Å². The van der Waals surface area contributed by atoms with Gasteiger partial charge >= 0.3 is 0 Å². The van der Waals surface area contributed by atoms with Crippen LogP contribution in [0.4, 0.5) is 0 Å². The van der Waals surface area contributed by atoms with Crippen molar-refractivity contribution in [3.8, 4) is 11.5 Å². The van der Waals surface area contributed by atoms with Crippen molar-refractivity contribution < 1.29 is 17.9 Å². The van der Waals surface area contributed by atoms with Crippen LogP contribution in [0.2, 0.25) is 0 Å². The lowest BCUT2D eigenvalue weighted by Gasteiger charge is -2.14. The molecule has 0 saturated carbocycles. The molecule has 0 aliphatic rings. The first-order valence-electron chi connectivity index (χ1n) is 6.58. The fraction of sp³-hybridized carbons (Fsp3) is 0.250. The Morgan fingerprint density at radius 2 is 1.55 bits per heavy atom. The predicted octanol–water partition coefficient (Wildman–Crippen LogP) is 3.40. The second-order valence-electron chi connectivity index (χ2n) is 4.70. The average Bonchev–Trinajstić information content (AvgIpc) is 2.52. The summed E-state index contributed by atoms with van der Waals surface area (Å²) in [7, 11) is -0.279. The van der Waals surface area contributed by atoms with Crippen LogP contribution in [-0.4, -0.2) is 28.9 Å². The Hall–Kier alpha value is -1.66. The Balaban J connectivity index is 2.37. The summed E-state index contributed by atoms with van der Waals surface area (Å²) in [5, 5.41) is 0. The third-order valence-electron chi connectivity index (χ3n) is 3.09. The molecule has 118 valence electrons. The first-order valence-corrected chi connectivity index (χ1v) is 9.46. The molecule has 0 heterocycles. The molecule has 0 atom stereocenters. The quantitative estimate of drug-likeness (QED) is 0.756. The minimum absolute atomic E-state index is 0.185. The molecule has 0 saturated heterocycles. The maximum absolute atomic E-state index is 11.7. The van der Waals surface area contributed by atoms with Gasteiger partial charge in [-0.3, -0.25) is 0 Å². The summed E-state index contributed by atoms with van der Waals surface area (Å²) in [6, 6.07) is 13.1. The molecule has 0 aliphatic heterocycles. The van der Waals surface area contributed by atoms with E-state index in [0.29, 0.717) is 11.5 Å². The van der Waals surface area contributed by atoms with E-state index in [1.807, 2.05) is 30.3 Å². The van der Waals surface area contributed by atoms with Gasteiger partial charge in [0, 0.05) is 24.1 Å². The van der Waals surface area contributed by atoms with Crippen LogP contribution in [-0.2, 0) is 15.6 Å². The number of hydrogen-bond acceptors (Lipinski definition) is 5. The summed E-state index contributed by atoms with van der Waals surface area (Å²) in [5.41, 5.74) is 1.17. The highest BCUT2D eigenvalue weighted by Crippen LogP contribution is 2.41. The normalized spacial score (nSPS) is 11.2. The number of sulfone groups is 1. The molecule has 2 aromatic carbocycles. The van der Waals surface area contributed by atoms with Crippen molar-refractivity contribution in [3.63, 3.8) is 0 Å². The number of rotatable bonds is 6. The zero-order valence-corrected chi connectivity index (χ0v) is 14.3. The number of ether oxygens (including phenoxy) is 2. The van der Waals surface area contributed by atoms with E-state index >= 15 is 0 Å². The van der Waals surface area contributed by atoms with Gasteiger partial charge in [-0.1, -0.05) is 30.3 Å². The van der Waals surface area contributed by atoms with Gasteiger partial charge in [0.05, 0.1) is 24.0 Å². The van der Waals surface area contributed by atoms with Crippen LogP contribution in [0.15, 0.2) is 52.3 Å². The molecular formula is C16H18O4S2. The highest BCUT2D eigenvalue weighted by atomic mass is 32.2. The predicted molar refractivity (Wildman–Crippen MR) is 88.7 cm³/mol. The Bertz CT molecular complexity index is 715. The van der Waals surface area contributed by atoms with Gasteiger partial charge < -0.3 is 9.47 Å². The van der Waals surface area contributed by atoms with E-state index in [1.165, 1.54) is 31.9 Å². The molecule has 2 rings (SSSR count). The smallest absolute Gasteiger partial charge is 0.175 e. The second-order valence-corrected chi connectivity index (χ2v) is 7.70. The van der Waals surface area contributed by atoms with Gasteiger partial charge in [0.15, 0.2) is 9.84 Å². The fourth-order valence-corrected chi connectivity index (χ4v) is 3.66. The van der Waals surface area contributed by atoms with Crippen LogP contribution in [0.1, 0.15) is 5.56 Å². The zero-order chi connectivity index (χ0) is 16.2. The summed E-state index contributed by atoms with van der Waals surface area (Å²) in [6.07, 6.45) is 1.16. The van der Waals surface area contributed by atoms with Crippen LogP contribution < -0.4 is 9.47 Å². The van der Waals surface area contributed by atoms with Crippen molar-refractivity contribution >= 4 is 21.6 Å². The van der Waals surface area contributed by atoms with E-state index < -0.39 is 9.84 Å². The molecule has 0 radical (unpaired) electrons. The molecule has 0 spiro atoms. The van der Waals surface area contributed by atoms with Crippen molar-refractivity contribution in [2.24, 2.45) is 0 Å². The molecule has 0 aromatic heterocycles. The van der Waals surface area contributed by atoms with E-state index in [1.54, 1.807) is 11.8 Å². The standard InChI is InChI=1S/C16H18O4S2/c1-19-14-9-13(22(3,17)18)10-15(20-2)16(14)21-11-12-7-5-4-6-8-12/h4-10H,11H2,1-3H3. The van der Waals surface area contributed by atoms with E-state index in [9.17, 15) is 8.42 Å². The molecule has 6 heteroatoms. The molecule has 0 unspecified atom stereocenters. The Labute approximate surface area is 135 Å². The molecule has 2 aromatic rings. The molecular weight excluding hydrogens is 320 g/mol. The molecule has 4 nitrogen and oxygen atoms in total. The number of hydrogen-bond donors (Lipinski definition) is 0. The van der Waals surface area contributed by atoms with E-state index in [0.717, 1.165) is 16.9 Å². The molecule has 0 amide bonds. The first-order chi connectivity index (χ1) is 10.5. The highest BCUT2D eigenvalue weighted by molar-refractivity contribution is 7.98. The lowest BCUT2D eigenvalue weighted by Crippen LogP contribution is -2.01. The Morgan fingerprint density at radius 3 is 2.00 bits per heavy atom. The number of thioether (sulfide) groups is 1. The van der Waals surface area contributed by atoms with Crippen molar-refractivity contribution in [3.05, 3.63) is 48.0 Å². The lowest BCUT2D eigenvalue weighted by molar-refractivity contribution is 0.374. The topological polar surface area (TPSA) is 52.6 Å². The van der Waals surface area contributed by atoms with E-state index in [4.69, 9.17) is 9.47 Å². The summed E-state index contributed by atoms with van der Waals surface area (Å²) >= 11 is 1.55. The van der Waals surface area contributed by atoms with Gasteiger partial charge in [-0.05, 0) is 5.56 Å². The van der Waals surface area contributed by atoms with Crippen molar-refractivity contribution in [2.75, 3.05) is 20.5 Å². The summed E-state index contributed by atoms with van der Waals surface area (Å²) in [6.45, 7) is 0. The third-order valence-corrected chi connectivity index (χ3v) is 5.35. The number of methoxy groups -OCH3 is 2. The monoisotopic (exact) mass is 338 g/mol. The Morgan fingerprint density at radius 1 is 1.00 bits per heavy atom. The van der Waals surface area contributed by atoms with Crippen LogP contribution in [0, 0.1) is 0 Å². The van der Waals surface area contributed by atoms with Gasteiger partial charge in [0.25, 0.3) is 0 Å². The van der Waals surface area contributed by atoms with Crippen molar-refractivity contribution in [2.45, 2.75) is 15.5 Å². The maximum Gasteiger partial charge on any atom is 0.175 e. The van der Waals surface area contributed by atoms with Crippen LogP contribution >= 0.6 is 11.8 Å². The number of benzene rings is 2. The fourth-order valence-electron chi connectivity index (χ4n) is 1.94. The van der Waals surface area contributed by atoms with Gasteiger partial charge in [0.2, 0.25) is 0 Å².